The second kappa shape index (κ2) is 9.00. The van der Waals surface area contributed by atoms with Crippen molar-refractivity contribution < 1.29 is 0 Å². The third-order valence-corrected chi connectivity index (χ3v) is 10.5. The molecule has 7 aromatic carbocycles. The van der Waals surface area contributed by atoms with E-state index in [4.69, 9.17) is 9.97 Å². The first kappa shape index (κ1) is 25.4. The van der Waals surface area contributed by atoms with Crippen LogP contribution in [-0.4, -0.2) is 18.8 Å². The van der Waals surface area contributed by atoms with Crippen LogP contribution in [-0.2, 0) is 0 Å². The average Bonchev–Trinajstić information content (AvgIpc) is 3.88. The van der Waals surface area contributed by atoms with E-state index in [0.29, 0.717) is 0 Å². The van der Waals surface area contributed by atoms with E-state index in [0.717, 1.165) is 66.7 Å². The van der Waals surface area contributed by atoms with Gasteiger partial charge >= 0.3 is 0 Å². The first-order chi connectivity index (χ1) is 24.3. The predicted octanol–water partition coefficient (Wildman–Crippen LogP) is 11.4. The molecule has 0 aliphatic heterocycles. The molecule has 0 saturated heterocycles. The predicted molar refractivity (Wildman–Crippen MR) is 204 cm³/mol. The highest BCUT2D eigenvalue weighted by molar-refractivity contribution is 6.32. The minimum Gasteiger partial charge on any atom is -0.308 e. The largest absolute Gasteiger partial charge is 0.308 e. The molecule has 0 saturated carbocycles. The highest BCUT2D eigenvalue weighted by atomic mass is 15.2. The molecule has 5 nitrogen and oxygen atoms in total. The minimum atomic E-state index is 0.880. The summed E-state index contributed by atoms with van der Waals surface area (Å²) in [5, 5.41) is 9.54. The molecule has 12 aromatic rings. The summed E-state index contributed by atoms with van der Waals surface area (Å²) in [6, 6.07) is 54.2. The topological polar surface area (TPSA) is 37.8 Å². The molecule has 5 heteroatoms. The van der Waals surface area contributed by atoms with Gasteiger partial charge in [-0.1, -0.05) is 109 Å². The molecule has 0 unspecified atom stereocenters. The zero-order valence-electron chi connectivity index (χ0n) is 26.2. The number of rotatable bonds is 3. The summed E-state index contributed by atoms with van der Waals surface area (Å²) >= 11 is 0. The molecule has 0 fully saturated rings. The van der Waals surface area contributed by atoms with Gasteiger partial charge in [-0.25, -0.2) is 9.97 Å². The number of aromatic nitrogens is 4. The Morgan fingerprint density at radius 1 is 0.408 bits per heavy atom. The number of nitrogens with zero attached hydrogens (tertiary/aromatic N) is 5. The van der Waals surface area contributed by atoms with Crippen molar-refractivity contribution in [3.05, 3.63) is 152 Å². The zero-order valence-corrected chi connectivity index (χ0v) is 26.2. The second-order valence-electron chi connectivity index (χ2n) is 13.0. The number of hydrogen-bond donors (Lipinski definition) is 0. The summed E-state index contributed by atoms with van der Waals surface area (Å²) in [6.45, 7) is 0. The van der Waals surface area contributed by atoms with Crippen LogP contribution in [0.2, 0.25) is 0 Å². The van der Waals surface area contributed by atoms with E-state index in [1.807, 2.05) is 0 Å². The lowest BCUT2D eigenvalue weighted by Gasteiger charge is -2.26. The maximum atomic E-state index is 5.63. The molecule has 0 atom stereocenters. The van der Waals surface area contributed by atoms with Crippen LogP contribution in [0.1, 0.15) is 0 Å². The van der Waals surface area contributed by atoms with Gasteiger partial charge in [-0.3, -0.25) is 8.80 Å². The van der Waals surface area contributed by atoms with Gasteiger partial charge in [0.25, 0.3) is 0 Å². The maximum absolute atomic E-state index is 5.63. The molecule has 5 aromatic heterocycles. The van der Waals surface area contributed by atoms with E-state index in [-0.39, 0.29) is 0 Å². The van der Waals surface area contributed by atoms with Crippen molar-refractivity contribution in [1.82, 2.24) is 18.8 Å². The van der Waals surface area contributed by atoms with Crippen LogP contribution in [0.4, 0.5) is 17.1 Å². The van der Waals surface area contributed by atoms with Crippen LogP contribution in [0.25, 0.3) is 87.5 Å². The van der Waals surface area contributed by atoms with Gasteiger partial charge < -0.3 is 4.90 Å². The fraction of sp³-hybridized carbons (Fsp3) is 0. The molecule has 0 aliphatic rings. The lowest BCUT2D eigenvalue weighted by atomic mass is 10.0. The summed E-state index contributed by atoms with van der Waals surface area (Å²) in [6.07, 6.45) is 0. The normalized spacial score (nSPS) is 12.5. The Balaban J connectivity index is 1.33. The van der Waals surface area contributed by atoms with Gasteiger partial charge in [0, 0.05) is 43.7 Å². The van der Waals surface area contributed by atoms with E-state index >= 15 is 0 Å². The fourth-order valence-corrected chi connectivity index (χ4v) is 8.59. The Labute approximate surface area is 279 Å². The van der Waals surface area contributed by atoms with Crippen molar-refractivity contribution >= 4 is 105 Å². The zero-order chi connectivity index (χ0) is 31.8. The van der Waals surface area contributed by atoms with E-state index in [1.165, 1.54) is 37.8 Å². The number of para-hydroxylation sites is 5. The van der Waals surface area contributed by atoms with E-state index in [1.54, 1.807) is 0 Å². The van der Waals surface area contributed by atoms with Crippen LogP contribution < -0.4 is 4.90 Å². The number of fused-ring (bicyclic) bond motifs is 14. The molecule has 49 heavy (non-hydrogen) atoms. The van der Waals surface area contributed by atoms with Crippen molar-refractivity contribution in [3.63, 3.8) is 0 Å². The Kier molecular flexibility index (Phi) is 4.66. The van der Waals surface area contributed by atoms with Crippen molar-refractivity contribution in [2.75, 3.05) is 4.90 Å². The van der Waals surface area contributed by atoms with Crippen LogP contribution in [0.3, 0.4) is 0 Å². The number of hydrogen-bond acceptors (Lipinski definition) is 3. The molecular formula is C44H25N5. The Morgan fingerprint density at radius 3 is 1.80 bits per heavy atom. The molecule has 0 aliphatic carbocycles. The summed E-state index contributed by atoms with van der Waals surface area (Å²) < 4.78 is 4.73. The third-order valence-electron chi connectivity index (χ3n) is 10.5. The van der Waals surface area contributed by atoms with Gasteiger partial charge in [0.05, 0.1) is 27.8 Å². The van der Waals surface area contributed by atoms with Crippen LogP contribution in [0.5, 0.6) is 0 Å². The highest BCUT2D eigenvalue weighted by Gasteiger charge is 2.27. The number of benzene rings is 7. The van der Waals surface area contributed by atoms with E-state index in [2.05, 4.69) is 165 Å². The molecule has 0 radical (unpaired) electrons. The van der Waals surface area contributed by atoms with Gasteiger partial charge in [0.1, 0.15) is 11.0 Å². The molecule has 5 heterocycles. The Hall–Kier alpha value is -6.72. The molecular weight excluding hydrogens is 599 g/mol. The van der Waals surface area contributed by atoms with Gasteiger partial charge in [-0.2, -0.15) is 0 Å². The van der Waals surface area contributed by atoms with Gasteiger partial charge in [-0.05, 0) is 53.2 Å². The number of anilines is 3. The highest BCUT2D eigenvalue weighted by Crippen LogP contribution is 2.48. The summed E-state index contributed by atoms with van der Waals surface area (Å²) in [5.41, 5.74) is 11.6. The lowest BCUT2D eigenvalue weighted by molar-refractivity contribution is 1.23. The SMILES string of the molecule is c1ccc(N(c2ccccc2)c2cccc3c4cc5ccccc5c5c6nc7c(nc6n(c23)c45)c2cccc3c4ccccc4n7c32)cc1. The lowest BCUT2D eigenvalue weighted by Crippen LogP contribution is -2.10. The van der Waals surface area contributed by atoms with Crippen molar-refractivity contribution in [2.45, 2.75) is 0 Å². The van der Waals surface area contributed by atoms with E-state index < -0.39 is 0 Å². The molecule has 0 bridgehead atoms. The molecule has 0 N–H and O–H groups in total. The third kappa shape index (κ3) is 3.10. The van der Waals surface area contributed by atoms with Gasteiger partial charge in [0.2, 0.25) is 0 Å². The van der Waals surface area contributed by atoms with Crippen molar-refractivity contribution in [2.24, 2.45) is 0 Å². The standard InChI is InChI=1S/C44H25N5/c1-3-14-27(15-4-1)47(28-16-5-2-6-17-28)36-24-12-21-32-34-25-26-13-7-8-18-29(26)37-39-44(49(41(32)36)42(34)37)45-38-33-22-11-20-31-30-19-9-10-23-35(30)48(40(31)33)43(38)46-39/h1-25H. The quantitative estimate of drug-likeness (QED) is 0.197. The molecule has 226 valence electrons. The molecule has 0 spiro atoms. The van der Waals surface area contributed by atoms with Crippen LogP contribution in [0, 0.1) is 0 Å². The average molecular weight is 624 g/mol. The first-order valence-corrected chi connectivity index (χ1v) is 16.7. The summed E-state index contributed by atoms with van der Waals surface area (Å²) in [4.78, 5) is 13.6. The minimum absolute atomic E-state index is 0.880. The van der Waals surface area contributed by atoms with E-state index in [9.17, 15) is 0 Å². The van der Waals surface area contributed by atoms with Gasteiger partial charge in [-0.15, -0.1) is 0 Å². The Bertz CT molecular complexity index is 3230. The van der Waals surface area contributed by atoms with Crippen molar-refractivity contribution in [3.8, 4) is 0 Å². The Morgan fingerprint density at radius 2 is 1.00 bits per heavy atom. The first-order valence-electron chi connectivity index (χ1n) is 16.7. The van der Waals surface area contributed by atoms with Gasteiger partial charge in [0.15, 0.2) is 11.3 Å². The molecule has 0 amide bonds. The summed E-state index contributed by atoms with van der Waals surface area (Å²) in [7, 11) is 0. The molecule has 12 rings (SSSR count). The fourth-order valence-electron chi connectivity index (χ4n) is 8.59. The van der Waals surface area contributed by atoms with Crippen LogP contribution in [0.15, 0.2) is 152 Å². The maximum Gasteiger partial charge on any atom is 0.165 e. The van der Waals surface area contributed by atoms with Crippen LogP contribution >= 0.6 is 0 Å². The second-order valence-corrected chi connectivity index (χ2v) is 13.0. The van der Waals surface area contributed by atoms with Crippen molar-refractivity contribution in [1.29, 1.82) is 0 Å². The monoisotopic (exact) mass is 623 g/mol. The smallest absolute Gasteiger partial charge is 0.165 e. The summed E-state index contributed by atoms with van der Waals surface area (Å²) in [5.74, 6) is 0.